The molecule has 0 bridgehead atoms. The Kier molecular flexibility index (Phi) is 8.36. The first-order valence-electron chi connectivity index (χ1n) is 13.6. The lowest BCUT2D eigenvalue weighted by Gasteiger charge is -2.17. The zero-order chi connectivity index (χ0) is 31.6. The lowest BCUT2D eigenvalue weighted by atomic mass is 10.1. The van der Waals surface area contributed by atoms with Gasteiger partial charge in [0.2, 0.25) is 5.91 Å². The fourth-order valence-corrected chi connectivity index (χ4v) is 4.55. The van der Waals surface area contributed by atoms with Crippen molar-refractivity contribution in [3.63, 3.8) is 0 Å². The zero-order valence-corrected chi connectivity index (χ0v) is 24.5. The lowest BCUT2D eigenvalue weighted by Crippen LogP contribution is -2.24. The molecule has 0 aliphatic heterocycles. The molecule has 0 saturated heterocycles. The monoisotopic (exact) mass is 601 g/mol. The van der Waals surface area contributed by atoms with Crippen molar-refractivity contribution in [1.29, 1.82) is 0 Å². The van der Waals surface area contributed by atoms with Crippen LogP contribution in [0.3, 0.4) is 0 Å². The first-order valence-corrected chi connectivity index (χ1v) is 13.6. The Bertz CT molecular complexity index is 1900. The molecule has 2 amide bonds. The number of rotatable bonds is 8. The third kappa shape index (κ3) is 6.55. The van der Waals surface area contributed by atoms with E-state index in [0.717, 1.165) is 23.2 Å². The molecule has 0 radical (unpaired) electrons. The van der Waals surface area contributed by atoms with E-state index in [2.05, 4.69) is 15.6 Å². The Morgan fingerprint density at radius 3 is 2.55 bits per heavy atom. The number of nitrogens with zero attached hydrogens (tertiary/aromatic N) is 5. The second kappa shape index (κ2) is 12.2. The largest absolute Gasteiger partial charge is 0.416 e. The van der Waals surface area contributed by atoms with Crippen molar-refractivity contribution >= 4 is 51.2 Å². The van der Waals surface area contributed by atoms with Gasteiger partial charge < -0.3 is 20.4 Å². The number of hydrogen-bond acceptors (Lipinski definition) is 6. The number of nitrogens with one attached hydrogen (secondary N) is 2. The molecule has 0 aliphatic carbocycles. The highest BCUT2D eigenvalue weighted by Gasteiger charge is 2.31. The van der Waals surface area contributed by atoms with E-state index in [1.54, 1.807) is 54.8 Å². The van der Waals surface area contributed by atoms with Crippen LogP contribution in [-0.2, 0) is 11.0 Å². The summed E-state index contributed by atoms with van der Waals surface area (Å²) in [4.78, 5) is 38.1. The summed E-state index contributed by atoms with van der Waals surface area (Å²) in [6.07, 6.45) is 2.11. The number of aromatic nitrogens is 3. The average molecular weight is 602 g/mol. The summed E-state index contributed by atoms with van der Waals surface area (Å²) in [6, 6.07) is 14.9. The maximum absolute atomic E-state index is 13.1. The fourth-order valence-electron chi connectivity index (χ4n) is 4.55. The number of halogens is 3. The van der Waals surface area contributed by atoms with Gasteiger partial charge in [-0.05, 0) is 75.1 Å². The third-order valence-corrected chi connectivity index (χ3v) is 6.98. The van der Waals surface area contributed by atoms with Crippen molar-refractivity contribution in [1.82, 2.24) is 19.3 Å². The molecule has 0 saturated carbocycles. The van der Waals surface area contributed by atoms with Crippen molar-refractivity contribution in [2.24, 2.45) is 0 Å². The predicted octanol–water partition coefficient (Wildman–Crippen LogP) is 6.29. The van der Waals surface area contributed by atoms with Crippen LogP contribution in [0.15, 0.2) is 85.3 Å². The minimum atomic E-state index is -4.55. The number of carbonyl (C=O) groups excluding carboxylic acids is 2. The minimum Gasteiger partial charge on any atom is -0.338 e. The third-order valence-electron chi connectivity index (χ3n) is 6.98. The van der Waals surface area contributed by atoms with Gasteiger partial charge in [-0.2, -0.15) is 13.2 Å². The van der Waals surface area contributed by atoms with Gasteiger partial charge in [0.1, 0.15) is 5.52 Å². The molecule has 0 fully saturated rings. The number of aryl methyl sites for hydroxylation is 1. The average Bonchev–Trinajstić information content (AvgIpc) is 3.49. The van der Waals surface area contributed by atoms with Gasteiger partial charge in [0.15, 0.2) is 5.82 Å². The quantitative estimate of drug-likeness (QED) is 0.203. The maximum atomic E-state index is 13.1. The number of amides is 2. The highest BCUT2D eigenvalue weighted by atomic mass is 19.4. The zero-order valence-electron chi connectivity index (χ0n) is 24.5. The molecule has 5 rings (SSSR count). The van der Waals surface area contributed by atoms with E-state index >= 15 is 0 Å². The molecule has 5 aromatic rings. The molecule has 0 unspecified atom stereocenters. The van der Waals surface area contributed by atoms with Crippen molar-refractivity contribution in [2.75, 3.05) is 43.2 Å². The topological polar surface area (TPSA) is 94.9 Å². The molecule has 2 N–H and O–H groups in total. The van der Waals surface area contributed by atoms with Crippen LogP contribution in [0.5, 0.6) is 0 Å². The van der Waals surface area contributed by atoms with Crippen LogP contribution in [0.25, 0.3) is 16.6 Å². The smallest absolute Gasteiger partial charge is 0.338 e. The Morgan fingerprint density at radius 1 is 1.00 bits per heavy atom. The van der Waals surface area contributed by atoms with Crippen LogP contribution < -0.4 is 15.5 Å². The Balaban J connectivity index is 1.41. The van der Waals surface area contributed by atoms with Crippen molar-refractivity contribution < 1.29 is 22.8 Å². The summed E-state index contributed by atoms with van der Waals surface area (Å²) < 4.78 is 41.2. The van der Waals surface area contributed by atoms with Crippen molar-refractivity contribution in [3.8, 4) is 0 Å². The van der Waals surface area contributed by atoms with E-state index in [-0.39, 0.29) is 11.5 Å². The highest BCUT2D eigenvalue weighted by Crippen LogP contribution is 2.31. The second-order valence-corrected chi connectivity index (χ2v) is 10.5. The van der Waals surface area contributed by atoms with Crippen LogP contribution in [-0.4, -0.2) is 58.8 Å². The number of hydrogen-bond donors (Lipinski definition) is 2. The summed E-state index contributed by atoms with van der Waals surface area (Å²) in [5.41, 5.74) is 3.63. The molecule has 44 heavy (non-hydrogen) atoms. The van der Waals surface area contributed by atoms with E-state index in [4.69, 9.17) is 4.98 Å². The first-order chi connectivity index (χ1) is 20.9. The van der Waals surface area contributed by atoms with Gasteiger partial charge in [-0.3, -0.25) is 14.0 Å². The molecule has 0 atom stereocenters. The predicted molar refractivity (Wildman–Crippen MR) is 165 cm³/mol. The molecule has 9 nitrogen and oxygen atoms in total. The molecule has 0 spiro atoms. The van der Waals surface area contributed by atoms with Crippen molar-refractivity contribution in [2.45, 2.75) is 13.1 Å². The molecule has 2 heterocycles. The van der Waals surface area contributed by atoms with Gasteiger partial charge >= 0.3 is 6.18 Å². The Labute approximate surface area is 251 Å². The van der Waals surface area contributed by atoms with Gasteiger partial charge in [-0.25, -0.2) is 9.97 Å². The second-order valence-electron chi connectivity index (χ2n) is 10.5. The Hall–Kier alpha value is -5.23. The minimum absolute atomic E-state index is 0.108. The number of carbonyl (C=O) groups is 2. The standard InChI is InChI=1S/C32H30F3N7O2/c1-20-10-11-23(37-31(44)21-7-5-8-22(15-21)32(33,34)35)16-26(20)39-30-28-18-36-19-42(28)27-17-24(12-13-25(27)38-30)41(4)29(43)9-6-14-40(2)3/h5-13,15-19H,14H2,1-4H3,(H,37,44)(H,38,39)/b9-6+. The van der Waals surface area contributed by atoms with Crippen LogP contribution in [0, 0.1) is 6.92 Å². The number of alkyl halides is 3. The normalized spacial score (nSPS) is 11.9. The van der Waals surface area contributed by atoms with E-state index in [0.29, 0.717) is 40.5 Å². The number of anilines is 4. The molecular formula is C32H30F3N7O2. The summed E-state index contributed by atoms with van der Waals surface area (Å²) in [7, 11) is 5.56. The fraction of sp³-hybridized carbons (Fsp3) is 0.188. The first kappa shape index (κ1) is 30.2. The van der Waals surface area contributed by atoms with E-state index < -0.39 is 17.6 Å². The number of fused-ring (bicyclic) bond motifs is 3. The SMILES string of the molecule is Cc1ccc(NC(=O)c2cccc(C(F)(F)F)c2)cc1Nc1nc2ccc(N(C)C(=O)/C=C/CN(C)C)cc2n2cncc12. The van der Waals surface area contributed by atoms with Crippen LogP contribution in [0.1, 0.15) is 21.5 Å². The van der Waals surface area contributed by atoms with E-state index in [1.807, 2.05) is 48.5 Å². The molecule has 226 valence electrons. The van der Waals surface area contributed by atoms with Crippen LogP contribution in [0.2, 0.25) is 0 Å². The molecular weight excluding hydrogens is 571 g/mol. The summed E-state index contributed by atoms with van der Waals surface area (Å²) in [6.45, 7) is 2.53. The van der Waals surface area contributed by atoms with Crippen LogP contribution >= 0.6 is 0 Å². The number of likely N-dealkylation sites (N-methyl/N-ethyl adjacent to an activating group) is 2. The van der Waals surface area contributed by atoms with E-state index in [9.17, 15) is 22.8 Å². The molecule has 3 aromatic carbocycles. The molecule has 0 aliphatic rings. The summed E-state index contributed by atoms with van der Waals surface area (Å²) >= 11 is 0. The highest BCUT2D eigenvalue weighted by molar-refractivity contribution is 6.05. The molecule has 12 heteroatoms. The summed E-state index contributed by atoms with van der Waals surface area (Å²) in [5.74, 6) is -0.321. The van der Waals surface area contributed by atoms with Gasteiger partial charge in [-0.1, -0.05) is 18.2 Å². The lowest BCUT2D eigenvalue weighted by molar-refractivity contribution is -0.137. The molecule has 2 aromatic heterocycles. The van der Waals surface area contributed by atoms with Gasteiger partial charge in [0, 0.05) is 42.3 Å². The maximum Gasteiger partial charge on any atom is 0.416 e. The number of imidazole rings is 1. The number of benzene rings is 3. The van der Waals surface area contributed by atoms with Gasteiger partial charge in [0.05, 0.1) is 29.1 Å². The van der Waals surface area contributed by atoms with Gasteiger partial charge in [-0.15, -0.1) is 0 Å². The summed E-state index contributed by atoms with van der Waals surface area (Å²) in [5, 5.41) is 5.99. The van der Waals surface area contributed by atoms with E-state index in [1.165, 1.54) is 12.1 Å². The van der Waals surface area contributed by atoms with Gasteiger partial charge in [0.25, 0.3) is 5.91 Å². The Morgan fingerprint density at radius 2 is 1.80 bits per heavy atom. The van der Waals surface area contributed by atoms with Crippen LogP contribution in [0.4, 0.5) is 36.1 Å². The van der Waals surface area contributed by atoms with Crippen molar-refractivity contribution in [3.05, 3.63) is 102 Å².